The zero-order valence-electron chi connectivity index (χ0n) is 32.7. The highest BCUT2D eigenvalue weighted by Gasteiger charge is 2.19. The van der Waals surface area contributed by atoms with Crippen LogP contribution in [0.25, 0.3) is 0 Å². The van der Waals surface area contributed by atoms with Gasteiger partial charge in [-0.3, -0.25) is 4.79 Å². The third-order valence-corrected chi connectivity index (χ3v) is 9.60. The van der Waals surface area contributed by atoms with Gasteiger partial charge in [-0.25, -0.2) is 0 Å². The van der Waals surface area contributed by atoms with E-state index in [9.17, 15) is 15.0 Å². The van der Waals surface area contributed by atoms with Gasteiger partial charge in [0.15, 0.2) is 0 Å². The van der Waals surface area contributed by atoms with Crippen molar-refractivity contribution in [1.29, 1.82) is 0 Å². The maximum absolute atomic E-state index is 12.4. The van der Waals surface area contributed by atoms with E-state index in [1.54, 1.807) is 0 Å². The maximum atomic E-state index is 12.4. The van der Waals surface area contributed by atoms with E-state index >= 15 is 0 Å². The first-order chi connectivity index (χ1) is 24.2. The van der Waals surface area contributed by atoms with E-state index in [0.717, 1.165) is 51.4 Å². The molecule has 49 heavy (non-hydrogen) atoms. The number of carbonyl (C=O) groups excluding carboxylic acids is 1. The summed E-state index contributed by atoms with van der Waals surface area (Å²) in [6, 6.07) is -0.535. The van der Waals surface area contributed by atoms with Gasteiger partial charge in [0.2, 0.25) is 5.91 Å². The standard InChI is InChI=1S/C45H83NO3/c1-3-5-7-9-11-13-15-16-17-18-19-20-21-22-23-24-25-26-27-28-29-30-31-33-35-37-39-41-45(49)46-43(42-47)44(48)40-38-36-34-32-14-12-10-8-6-4-2/h5,7,11,13,16-17,19-20,43-44,47-48H,3-4,6,8-10,12,14-15,18,21-42H2,1-2H3,(H,46,49)/b7-5-,13-11-,17-16-,20-19-. The van der Waals surface area contributed by atoms with Crippen LogP contribution in [0.3, 0.4) is 0 Å². The summed E-state index contributed by atoms with van der Waals surface area (Å²) in [5.74, 6) is -0.0352. The molecular weight excluding hydrogens is 602 g/mol. The Kier molecular flexibility index (Phi) is 39.4. The molecule has 0 fully saturated rings. The summed E-state index contributed by atoms with van der Waals surface area (Å²) in [4.78, 5) is 12.4. The van der Waals surface area contributed by atoms with Gasteiger partial charge in [0.1, 0.15) is 0 Å². The summed E-state index contributed by atoms with van der Waals surface area (Å²) in [6.45, 7) is 4.23. The summed E-state index contributed by atoms with van der Waals surface area (Å²) in [5.41, 5.74) is 0. The first-order valence-corrected chi connectivity index (χ1v) is 21.3. The third kappa shape index (κ3) is 37.4. The second-order valence-corrected chi connectivity index (χ2v) is 14.4. The molecule has 0 spiro atoms. The van der Waals surface area contributed by atoms with Crippen LogP contribution in [-0.2, 0) is 4.79 Å². The molecule has 4 nitrogen and oxygen atoms in total. The van der Waals surface area contributed by atoms with Crippen LogP contribution in [0.4, 0.5) is 0 Å². The van der Waals surface area contributed by atoms with Crippen LogP contribution in [0.1, 0.15) is 213 Å². The maximum Gasteiger partial charge on any atom is 0.220 e. The summed E-state index contributed by atoms with van der Waals surface area (Å²) in [7, 11) is 0. The first-order valence-electron chi connectivity index (χ1n) is 21.3. The number of allylic oxidation sites excluding steroid dienone is 8. The molecule has 0 aromatic heterocycles. The van der Waals surface area contributed by atoms with Crippen molar-refractivity contribution in [3.63, 3.8) is 0 Å². The summed E-state index contributed by atoms with van der Waals surface area (Å²) in [6.07, 6.45) is 54.8. The van der Waals surface area contributed by atoms with Gasteiger partial charge in [-0.1, -0.05) is 204 Å². The van der Waals surface area contributed by atoms with Crippen molar-refractivity contribution in [1.82, 2.24) is 5.32 Å². The Labute approximate surface area is 305 Å². The second kappa shape index (κ2) is 40.8. The Morgan fingerprint density at radius 2 is 0.898 bits per heavy atom. The van der Waals surface area contributed by atoms with Crippen LogP contribution in [0.15, 0.2) is 48.6 Å². The fourth-order valence-corrected chi connectivity index (χ4v) is 6.35. The van der Waals surface area contributed by atoms with Crippen molar-refractivity contribution in [3.05, 3.63) is 48.6 Å². The average Bonchev–Trinajstić information content (AvgIpc) is 3.10. The van der Waals surface area contributed by atoms with Gasteiger partial charge >= 0.3 is 0 Å². The van der Waals surface area contributed by atoms with Crippen molar-refractivity contribution in [2.24, 2.45) is 0 Å². The number of nitrogens with one attached hydrogen (secondary N) is 1. The quantitative estimate of drug-likeness (QED) is 0.0447. The van der Waals surface area contributed by atoms with Gasteiger partial charge in [0.25, 0.3) is 0 Å². The Morgan fingerprint density at radius 3 is 1.35 bits per heavy atom. The molecule has 0 rings (SSSR count). The normalized spacial score (nSPS) is 13.5. The van der Waals surface area contributed by atoms with Crippen LogP contribution >= 0.6 is 0 Å². The molecule has 0 heterocycles. The molecule has 0 radical (unpaired) electrons. The highest BCUT2D eigenvalue weighted by atomic mass is 16.3. The van der Waals surface area contributed by atoms with E-state index < -0.39 is 12.1 Å². The van der Waals surface area contributed by atoms with E-state index in [1.165, 1.54) is 135 Å². The molecular formula is C45H83NO3. The van der Waals surface area contributed by atoms with E-state index in [0.29, 0.717) is 12.8 Å². The zero-order valence-corrected chi connectivity index (χ0v) is 32.7. The molecule has 2 unspecified atom stereocenters. The number of aliphatic hydroxyl groups is 2. The fraction of sp³-hybridized carbons (Fsp3) is 0.800. The minimum atomic E-state index is -0.657. The predicted molar refractivity (Wildman–Crippen MR) is 216 cm³/mol. The lowest BCUT2D eigenvalue weighted by Gasteiger charge is -2.22. The number of rotatable bonds is 38. The minimum Gasteiger partial charge on any atom is -0.394 e. The topological polar surface area (TPSA) is 69.6 Å². The van der Waals surface area contributed by atoms with Gasteiger partial charge in [-0.15, -0.1) is 0 Å². The van der Waals surface area contributed by atoms with Crippen LogP contribution in [0.5, 0.6) is 0 Å². The number of hydrogen-bond acceptors (Lipinski definition) is 3. The number of carbonyl (C=O) groups is 1. The molecule has 0 bridgehead atoms. The highest BCUT2D eigenvalue weighted by molar-refractivity contribution is 5.76. The smallest absolute Gasteiger partial charge is 0.220 e. The van der Waals surface area contributed by atoms with E-state index in [2.05, 4.69) is 67.8 Å². The van der Waals surface area contributed by atoms with Crippen molar-refractivity contribution in [3.8, 4) is 0 Å². The number of aliphatic hydroxyl groups excluding tert-OH is 2. The predicted octanol–water partition coefficient (Wildman–Crippen LogP) is 13.2. The Balaban J connectivity index is 3.48. The second-order valence-electron chi connectivity index (χ2n) is 14.4. The Bertz CT molecular complexity index is 786. The molecule has 286 valence electrons. The molecule has 0 aliphatic carbocycles. The number of unbranched alkanes of at least 4 members (excludes halogenated alkanes) is 23. The molecule has 4 heteroatoms. The lowest BCUT2D eigenvalue weighted by atomic mass is 10.0. The molecule has 0 saturated heterocycles. The molecule has 0 aliphatic rings. The molecule has 0 aromatic carbocycles. The Morgan fingerprint density at radius 1 is 0.510 bits per heavy atom. The molecule has 2 atom stereocenters. The summed E-state index contributed by atoms with van der Waals surface area (Å²) in [5, 5.41) is 23.1. The summed E-state index contributed by atoms with van der Waals surface area (Å²) < 4.78 is 0. The van der Waals surface area contributed by atoms with Crippen molar-refractivity contribution in [2.45, 2.75) is 225 Å². The number of amides is 1. The number of hydrogen-bond donors (Lipinski definition) is 3. The van der Waals surface area contributed by atoms with Crippen molar-refractivity contribution >= 4 is 5.91 Å². The molecule has 0 aromatic rings. The minimum absolute atomic E-state index is 0.0352. The largest absolute Gasteiger partial charge is 0.394 e. The van der Waals surface area contributed by atoms with Crippen LogP contribution < -0.4 is 5.32 Å². The molecule has 3 N–H and O–H groups in total. The van der Waals surface area contributed by atoms with Gasteiger partial charge in [0.05, 0.1) is 18.8 Å². The molecule has 0 aliphatic heterocycles. The van der Waals surface area contributed by atoms with Gasteiger partial charge in [-0.2, -0.15) is 0 Å². The van der Waals surface area contributed by atoms with Crippen molar-refractivity contribution < 1.29 is 15.0 Å². The van der Waals surface area contributed by atoms with Crippen molar-refractivity contribution in [2.75, 3.05) is 6.61 Å². The van der Waals surface area contributed by atoms with Gasteiger partial charge in [0, 0.05) is 6.42 Å². The Hall–Kier alpha value is -1.65. The highest BCUT2D eigenvalue weighted by Crippen LogP contribution is 2.15. The van der Waals surface area contributed by atoms with Gasteiger partial charge in [-0.05, 0) is 51.4 Å². The first kappa shape index (κ1) is 47.4. The van der Waals surface area contributed by atoms with Crippen LogP contribution in [0, 0.1) is 0 Å². The SMILES string of the molecule is CC/C=C\C/C=C\C/C=C\C/C=C\CCCCCCCCCCCCCCCCC(=O)NC(CO)C(O)CCCCCCCCCCCC. The average molecular weight is 686 g/mol. The summed E-state index contributed by atoms with van der Waals surface area (Å²) >= 11 is 0. The zero-order chi connectivity index (χ0) is 35.7. The fourth-order valence-electron chi connectivity index (χ4n) is 6.35. The van der Waals surface area contributed by atoms with Gasteiger partial charge < -0.3 is 15.5 Å². The van der Waals surface area contributed by atoms with Crippen LogP contribution in [-0.4, -0.2) is 34.9 Å². The molecule has 1 amide bonds. The van der Waals surface area contributed by atoms with E-state index in [4.69, 9.17) is 0 Å². The monoisotopic (exact) mass is 686 g/mol. The third-order valence-electron chi connectivity index (χ3n) is 9.60. The molecule has 0 saturated carbocycles. The van der Waals surface area contributed by atoms with Crippen LogP contribution in [0.2, 0.25) is 0 Å². The lowest BCUT2D eigenvalue weighted by Crippen LogP contribution is -2.45. The lowest BCUT2D eigenvalue weighted by molar-refractivity contribution is -0.123. The van der Waals surface area contributed by atoms with E-state index in [-0.39, 0.29) is 12.5 Å². The van der Waals surface area contributed by atoms with E-state index in [1.807, 2.05) is 0 Å².